The number of nitrogens with zero attached hydrogens (tertiary/aromatic N) is 4. The monoisotopic (exact) mass is 543 g/mol. The van der Waals surface area contributed by atoms with Crippen LogP contribution < -0.4 is 15.6 Å². The average Bonchev–Trinajstić information content (AvgIpc) is 2.82. The minimum absolute atomic E-state index is 0.209. The van der Waals surface area contributed by atoms with Crippen molar-refractivity contribution in [3.8, 4) is 5.75 Å². The molecule has 3 aromatic rings. The third kappa shape index (κ3) is 5.33. The maximum absolute atomic E-state index is 14.2. The van der Waals surface area contributed by atoms with E-state index < -0.39 is 40.2 Å². The van der Waals surface area contributed by atoms with E-state index in [1.54, 1.807) is 52.2 Å². The second-order valence-corrected chi connectivity index (χ2v) is 9.94. The lowest BCUT2D eigenvalue weighted by Crippen LogP contribution is -2.36. The highest BCUT2D eigenvalue weighted by Gasteiger charge is 2.33. The zero-order valence-corrected chi connectivity index (χ0v) is 22.0. The fraction of sp³-hybridized carbons (Fsp3) is 0.280. The number of rotatable bonds is 6. The highest BCUT2D eigenvalue weighted by atomic mass is 35.5. The highest BCUT2D eigenvalue weighted by Crippen LogP contribution is 2.32. The molecule has 0 saturated heterocycles. The van der Waals surface area contributed by atoms with E-state index in [1.165, 1.54) is 10.6 Å². The van der Waals surface area contributed by atoms with Gasteiger partial charge in [0.05, 0.1) is 23.6 Å². The molecule has 13 heteroatoms. The summed E-state index contributed by atoms with van der Waals surface area (Å²) in [6, 6.07) is 3.22. The van der Waals surface area contributed by atoms with Crippen LogP contribution in [0, 0.1) is 18.6 Å². The minimum atomic E-state index is -2.35. The van der Waals surface area contributed by atoms with Gasteiger partial charge in [-0.3, -0.25) is 9.36 Å². The van der Waals surface area contributed by atoms with Crippen molar-refractivity contribution in [2.75, 3.05) is 0 Å². The second kappa shape index (κ2) is 9.93. The lowest BCUT2D eigenvalue weighted by Gasteiger charge is -2.27. The van der Waals surface area contributed by atoms with Crippen molar-refractivity contribution in [2.24, 2.45) is 0 Å². The Morgan fingerprint density at radius 1 is 1.21 bits per heavy atom. The molecule has 0 bridgehead atoms. The Balaban J connectivity index is 1.73. The molecular weight excluding hydrogens is 519 g/mol. The number of allylic oxidation sites excluding steroid dienone is 2. The number of hydrogen-bond donors (Lipinski definition) is 3. The summed E-state index contributed by atoms with van der Waals surface area (Å²) < 4.78 is 34.4. The summed E-state index contributed by atoms with van der Waals surface area (Å²) in [6.45, 7) is 6.60. The molecule has 0 spiro atoms. The van der Waals surface area contributed by atoms with E-state index in [0.717, 1.165) is 19.6 Å². The van der Waals surface area contributed by atoms with Gasteiger partial charge in [0.2, 0.25) is 13.5 Å². The summed E-state index contributed by atoms with van der Waals surface area (Å²) in [7, 11) is 1.10. The molecule has 9 nitrogen and oxygen atoms in total. The molecule has 0 fully saturated rings. The number of aromatic nitrogens is 4. The maximum Gasteiger partial charge on any atom is 0.277 e. The van der Waals surface area contributed by atoms with Crippen molar-refractivity contribution in [3.63, 3.8) is 0 Å². The van der Waals surface area contributed by atoms with Crippen molar-refractivity contribution in [2.45, 2.75) is 45.0 Å². The summed E-state index contributed by atoms with van der Waals surface area (Å²) in [5, 5.41) is 23.9. The SMILES string of the molecule is BC(O)(Oc1cc(C)n(C2=CC(c3ccnc(C(C)(C)O)n3)NC=C2C)c(=O)c1Cl)c1ncc(F)cc1F. The summed E-state index contributed by atoms with van der Waals surface area (Å²) in [6.07, 6.45) is 5.79. The molecule has 0 saturated carbocycles. The highest BCUT2D eigenvalue weighted by molar-refractivity contribution is 6.32. The van der Waals surface area contributed by atoms with E-state index in [2.05, 4.69) is 20.3 Å². The van der Waals surface area contributed by atoms with Crippen molar-refractivity contribution in [1.29, 1.82) is 0 Å². The second-order valence-electron chi connectivity index (χ2n) is 9.56. The van der Waals surface area contributed by atoms with E-state index in [4.69, 9.17) is 16.3 Å². The molecule has 0 aliphatic carbocycles. The van der Waals surface area contributed by atoms with Gasteiger partial charge in [-0.1, -0.05) is 11.6 Å². The number of hydrogen-bond acceptors (Lipinski definition) is 8. The lowest BCUT2D eigenvalue weighted by molar-refractivity contribution is -0.0736. The molecule has 0 amide bonds. The van der Waals surface area contributed by atoms with Gasteiger partial charge in [-0.05, 0) is 45.4 Å². The fourth-order valence-electron chi connectivity index (χ4n) is 3.96. The van der Waals surface area contributed by atoms with Crippen LogP contribution in [-0.2, 0) is 11.3 Å². The van der Waals surface area contributed by atoms with Crippen LogP contribution in [0.15, 0.2) is 53.2 Å². The fourth-order valence-corrected chi connectivity index (χ4v) is 4.14. The van der Waals surface area contributed by atoms with Gasteiger partial charge in [0, 0.05) is 30.2 Å². The summed E-state index contributed by atoms with van der Waals surface area (Å²) in [4.78, 5) is 25.6. The average molecular weight is 544 g/mol. The Bertz CT molecular complexity index is 1540. The normalized spacial score (nSPS) is 17.2. The minimum Gasteiger partial charge on any atom is -0.464 e. The molecular formula is C25H25BClF2N5O4. The van der Waals surface area contributed by atoms with E-state index in [9.17, 15) is 23.8 Å². The third-order valence-electron chi connectivity index (χ3n) is 5.85. The van der Waals surface area contributed by atoms with E-state index in [1.807, 2.05) is 0 Å². The molecule has 2 unspecified atom stereocenters. The first kappa shape index (κ1) is 27.4. The molecule has 198 valence electrons. The molecule has 4 rings (SSSR count). The Kier molecular flexibility index (Phi) is 7.17. The number of ether oxygens (including phenoxy) is 1. The van der Waals surface area contributed by atoms with Crippen LogP contribution in [0.3, 0.4) is 0 Å². The van der Waals surface area contributed by atoms with Crippen LogP contribution in [0.5, 0.6) is 5.75 Å². The number of aliphatic hydroxyl groups is 2. The van der Waals surface area contributed by atoms with Gasteiger partial charge in [0.15, 0.2) is 11.6 Å². The standard InChI is InChI=1S/C25H25BClF2N5O4/c1-12-10-31-17(16-5-6-30-23(33-16)24(3,4)36)9-18(12)34-13(2)7-19(20(27)22(34)35)38-25(26,37)21-15(29)8-14(28)11-32-21/h5-11,17,31,36-37H,26H2,1-4H3. The van der Waals surface area contributed by atoms with Crippen LogP contribution in [0.1, 0.15) is 49.7 Å². The van der Waals surface area contributed by atoms with E-state index in [0.29, 0.717) is 23.2 Å². The molecule has 1 aliphatic heterocycles. The van der Waals surface area contributed by atoms with E-state index in [-0.39, 0.29) is 16.6 Å². The Morgan fingerprint density at radius 2 is 1.92 bits per heavy atom. The van der Waals surface area contributed by atoms with Crippen molar-refractivity contribution >= 4 is 25.1 Å². The molecule has 3 aromatic heterocycles. The van der Waals surface area contributed by atoms with Gasteiger partial charge in [0.25, 0.3) is 5.56 Å². The number of aryl methyl sites for hydroxylation is 1. The number of halogens is 3. The molecule has 2 atom stereocenters. The Hall–Kier alpha value is -3.61. The number of dihydropyridines is 1. The van der Waals surface area contributed by atoms with Gasteiger partial charge in [-0.2, -0.15) is 0 Å². The Morgan fingerprint density at radius 3 is 2.58 bits per heavy atom. The number of nitrogens with one attached hydrogen (secondary N) is 1. The molecule has 38 heavy (non-hydrogen) atoms. The molecule has 0 radical (unpaired) electrons. The Labute approximate surface area is 222 Å². The first-order valence-electron chi connectivity index (χ1n) is 11.6. The summed E-state index contributed by atoms with van der Waals surface area (Å²) >= 11 is 6.37. The van der Waals surface area contributed by atoms with Crippen LogP contribution in [0.2, 0.25) is 5.02 Å². The first-order valence-corrected chi connectivity index (χ1v) is 11.9. The van der Waals surface area contributed by atoms with Gasteiger partial charge in [0.1, 0.15) is 27.9 Å². The largest absolute Gasteiger partial charge is 0.464 e. The number of pyridine rings is 2. The van der Waals surface area contributed by atoms with Crippen molar-refractivity contribution in [3.05, 3.63) is 98.4 Å². The lowest BCUT2D eigenvalue weighted by atomic mass is 9.90. The van der Waals surface area contributed by atoms with Crippen molar-refractivity contribution < 1.29 is 23.7 Å². The van der Waals surface area contributed by atoms with E-state index >= 15 is 0 Å². The van der Waals surface area contributed by atoms with Gasteiger partial charge >= 0.3 is 0 Å². The molecule has 1 aliphatic rings. The zero-order chi connectivity index (χ0) is 28.0. The third-order valence-corrected chi connectivity index (χ3v) is 6.20. The first-order chi connectivity index (χ1) is 17.7. The molecule has 4 heterocycles. The molecule has 0 aromatic carbocycles. The van der Waals surface area contributed by atoms with Crippen LogP contribution in [0.4, 0.5) is 8.78 Å². The van der Waals surface area contributed by atoms with Gasteiger partial charge in [-0.25, -0.2) is 23.7 Å². The topological polar surface area (TPSA) is 122 Å². The maximum atomic E-state index is 14.2. The predicted octanol–water partition coefficient (Wildman–Crippen LogP) is 2.40. The van der Waals surface area contributed by atoms with Gasteiger partial charge in [-0.15, -0.1) is 0 Å². The van der Waals surface area contributed by atoms with Crippen molar-refractivity contribution in [1.82, 2.24) is 24.8 Å². The summed E-state index contributed by atoms with van der Waals surface area (Å²) in [5.74, 6) is -2.01. The molecule has 3 N–H and O–H groups in total. The summed E-state index contributed by atoms with van der Waals surface area (Å²) in [5.41, 5.74) is -2.61. The van der Waals surface area contributed by atoms with Gasteiger partial charge < -0.3 is 20.3 Å². The van der Waals surface area contributed by atoms with Crippen LogP contribution in [0.25, 0.3) is 5.70 Å². The predicted molar refractivity (Wildman–Crippen MR) is 139 cm³/mol. The quantitative estimate of drug-likeness (QED) is 0.320. The smallest absolute Gasteiger partial charge is 0.277 e. The zero-order valence-electron chi connectivity index (χ0n) is 21.3. The van der Waals surface area contributed by atoms with Crippen LogP contribution >= 0.6 is 11.6 Å². The van der Waals surface area contributed by atoms with Crippen LogP contribution in [-0.4, -0.2) is 37.6 Å².